The zero-order valence-electron chi connectivity index (χ0n) is 8.62. The minimum atomic E-state index is -0.828. The highest BCUT2D eigenvalue weighted by Crippen LogP contribution is 2.44. The van der Waals surface area contributed by atoms with Crippen LogP contribution in [0, 0.1) is 20.2 Å². The zero-order valence-corrected chi connectivity index (χ0v) is 8.62. The number of nitrogens with zero attached hydrogens (tertiary/aromatic N) is 2. The number of rotatable bonds is 2. The molecule has 1 aliphatic rings. The maximum Gasteiger partial charge on any atom is 0.391 e. The minimum Gasteiger partial charge on any atom is -0.489 e. The third-order valence-electron chi connectivity index (χ3n) is 2.25. The molecule has 0 N–H and O–H groups in total. The summed E-state index contributed by atoms with van der Waals surface area (Å²) in [5, 5.41) is 21.6. The molecule has 2 rings (SSSR count). The molecule has 0 aromatic heterocycles. The molecule has 0 spiro atoms. The standard InChI is InChI=1S/C9H8N2O6/c12-10(13)6-2-3-7-9(8(6)11(14)15)17-5-1-4-16-7/h2-3H,1,4-5H2. The first-order valence-corrected chi connectivity index (χ1v) is 4.82. The Morgan fingerprint density at radius 3 is 2.41 bits per heavy atom. The Kier molecular flexibility index (Phi) is 2.77. The van der Waals surface area contributed by atoms with Crippen molar-refractivity contribution < 1.29 is 19.3 Å². The van der Waals surface area contributed by atoms with Crippen molar-refractivity contribution >= 4 is 11.4 Å². The first kappa shape index (κ1) is 11.1. The number of hydrogen-bond acceptors (Lipinski definition) is 6. The molecule has 0 bridgehead atoms. The molecule has 1 heterocycles. The summed E-state index contributed by atoms with van der Waals surface area (Å²) in [6.45, 7) is 0.594. The molecule has 1 aliphatic heterocycles. The van der Waals surface area contributed by atoms with Crippen LogP contribution in [0.2, 0.25) is 0 Å². The van der Waals surface area contributed by atoms with Gasteiger partial charge in [0.2, 0.25) is 5.75 Å². The molecule has 1 aromatic carbocycles. The smallest absolute Gasteiger partial charge is 0.391 e. The Bertz CT molecular complexity index is 487. The third kappa shape index (κ3) is 1.96. The lowest BCUT2D eigenvalue weighted by Gasteiger charge is -2.06. The van der Waals surface area contributed by atoms with Crippen LogP contribution in [0.25, 0.3) is 0 Å². The zero-order chi connectivity index (χ0) is 12.4. The fourth-order valence-corrected chi connectivity index (χ4v) is 1.53. The molecule has 90 valence electrons. The van der Waals surface area contributed by atoms with Crippen LogP contribution in [-0.2, 0) is 0 Å². The molecule has 0 fully saturated rings. The van der Waals surface area contributed by atoms with Crippen LogP contribution in [0.1, 0.15) is 6.42 Å². The lowest BCUT2D eigenvalue weighted by atomic mass is 10.2. The van der Waals surface area contributed by atoms with Gasteiger partial charge in [-0.3, -0.25) is 20.2 Å². The number of hydrogen-bond donors (Lipinski definition) is 0. The topological polar surface area (TPSA) is 105 Å². The highest BCUT2D eigenvalue weighted by atomic mass is 16.6. The Morgan fingerprint density at radius 1 is 1.06 bits per heavy atom. The van der Waals surface area contributed by atoms with E-state index >= 15 is 0 Å². The average Bonchev–Trinajstić information content (AvgIpc) is 2.51. The quantitative estimate of drug-likeness (QED) is 0.575. The summed E-state index contributed by atoms with van der Waals surface area (Å²) >= 11 is 0. The van der Waals surface area contributed by atoms with Crippen molar-refractivity contribution in [3.63, 3.8) is 0 Å². The van der Waals surface area contributed by atoms with E-state index in [9.17, 15) is 20.2 Å². The predicted molar refractivity (Wildman–Crippen MR) is 55.4 cm³/mol. The molecular formula is C9H8N2O6. The maximum absolute atomic E-state index is 10.9. The van der Waals surface area contributed by atoms with Crippen molar-refractivity contribution in [2.75, 3.05) is 13.2 Å². The number of ether oxygens (including phenoxy) is 2. The number of fused-ring (bicyclic) bond motifs is 1. The first-order valence-electron chi connectivity index (χ1n) is 4.82. The van der Waals surface area contributed by atoms with E-state index in [-0.39, 0.29) is 18.1 Å². The summed E-state index contributed by atoms with van der Waals surface area (Å²) in [7, 11) is 0. The van der Waals surface area contributed by atoms with Gasteiger partial charge in [0, 0.05) is 12.5 Å². The van der Waals surface area contributed by atoms with E-state index in [4.69, 9.17) is 9.47 Å². The van der Waals surface area contributed by atoms with E-state index < -0.39 is 21.2 Å². The van der Waals surface area contributed by atoms with Gasteiger partial charge in [-0.15, -0.1) is 0 Å². The second kappa shape index (κ2) is 4.24. The Hall–Kier alpha value is -2.38. The molecule has 0 amide bonds. The van der Waals surface area contributed by atoms with Crippen molar-refractivity contribution in [1.82, 2.24) is 0 Å². The van der Waals surface area contributed by atoms with E-state index in [1.807, 2.05) is 0 Å². The van der Waals surface area contributed by atoms with E-state index in [1.54, 1.807) is 0 Å². The summed E-state index contributed by atoms with van der Waals surface area (Å²) in [6, 6.07) is 2.36. The summed E-state index contributed by atoms with van der Waals surface area (Å²) in [4.78, 5) is 19.9. The lowest BCUT2D eigenvalue weighted by molar-refractivity contribution is -0.423. The summed E-state index contributed by atoms with van der Waals surface area (Å²) in [5.41, 5.74) is -1.26. The Labute approximate surface area is 95.1 Å². The van der Waals surface area contributed by atoms with Gasteiger partial charge in [-0.2, -0.15) is 0 Å². The van der Waals surface area contributed by atoms with E-state index in [0.29, 0.717) is 13.0 Å². The second-order valence-corrected chi connectivity index (χ2v) is 3.33. The van der Waals surface area contributed by atoms with Crippen LogP contribution in [0.4, 0.5) is 11.4 Å². The van der Waals surface area contributed by atoms with Crippen LogP contribution in [-0.4, -0.2) is 23.1 Å². The minimum absolute atomic E-state index is 0.165. The van der Waals surface area contributed by atoms with Crippen molar-refractivity contribution in [2.45, 2.75) is 6.42 Å². The average molecular weight is 240 g/mol. The SMILES string of the molecule is O=[N+]([O-])c1ccc2c(c1[N+](=O)[O-])OCCCO2. The Morgan fingerprint density at radius 2 is 1.76 bits per heavy atom. The molecule has 1 aromatic rings. The molecule has 0 radical (unpaired) electrons. The van der Waals surface area contributed by atoms with Gasteiger partial charge in [0.05, 0.1) is 23.1 Å². The van der Waals surface area contributed by atoms with Crippen molar-refractivity contribution in [1.29, 1.82) is 0 Å². The molecule has 0 unspecified atom stereocenters. The van der Waals surface area contributed by atoms with Gasteiger partial charge in [-0.05, 0) is 6.07 Å². The molecular weight excluding hydrogens is 232 g/mol. The van der Waals surface area contributed by atoms with Gasteiger partial charge in [0.1, 0.15) is 0 Å². The highest BCUT2D eigenvalue weighted by molar-refractivity contribution is 5.67. The summed E-state index contributed by atoms with van der Waals surface area (Å²) in [6.07, 6.45) is 0.569. The van der Waals surface area contributed by atoms with Crippen LogP contribution in [0.5, 0.6) is 11.5 Å². The van der Waals surface area contributed by atoms with E-state index in [2.05, 4.69) is 0 Å². The van der Waals surface area contributed by atoms with Gasteiger partial charge in [0.25, 0.3) is 0 Å². The third-order valence-corrected chi connectivity index (χ3v) is 2.25. The van der Waals surface area contributed by atoms with E-state index in [0.717, 1.165) is 6.07 Å². The molecule has 8 nitrogen and oxygen atoms in total. The van der Waals surface area contributed by atoms with Gasteiger partial charge in [-0.1, -0.05) is 0 Å². The fourth-order valence-electron chi connectivity index (χ4n) is 1.53. The number of nitro groups is 2. The molecule has 0 saturated heterocycles. The molecule has 0 saturated carbocycles. The monoisotopic (exact) mass is 240 g/mol. The number of benzene rings is 1. The van der Waals surface area contributed by atoms with Crippen LogP contribution in [0.15, 0.2) is 12.1 Å². The van der Waals surface area contributed by atoms with Gasteiger partial charge < -0.3 is 9.47 Å². The molecule has 0 atom stereocenters. The van der Waals surface area contributed by atoms with Crippen LogP contribution in [0.3, 0.4) is 0 Å². The predicted octanol–water partition coefficient (Wildman–Crippen LogP) is 1.66. The van der Waals surface area contributed by atoms with Crippen molar-refractivity contribution in [3.8, 4) is 11.5 Å². The largest absolute Gasteiger partial charge is 0.489 e. The van der Waals surface area contributed by atoms with Crippen LogP contribution < -0.4 is 9.47 Å². The first-order chi connectivity index (χ1) is 8.11. The Balaban J connectivity index is 2.63. The van der Waals surface area contributed by atoms with E-state index in [1.165, 1.54) is 6.07 Å². The molecule has 0 aliphatic carbocycles. The molecule has 8 heteroatoms. The van der Waals surface area contributed by atoms with Gasteiger partial charge in [0.15, 0.2) is 5.75 Å². The van der Waals surface area contributed by atoms with Gasteiger partial charge >= 0.3 is 11.4 Å². The maximum atomic E-state index is 10.9. The van der Waals surface area contributed by atoms with Crippen LogP contribution >= 0.6 is 0 Å². The highest BCUT2D eigenvalue weighted by Gasteiger charge is 2.33. The van der Waals surface area contributed by atoms with Gasteiger partial charge in [-0.25, -0.2) is 0 Å². The van der Waals surface area contributed by atoms with Crippen molar-refractivity contribution in [2.24, 2.45) is 0 Å². The normalized spacial score (nSPS) is 13.9. The summed E-state index contributed by atoms with van der Waals surface area (Å²) in [5.74, 6) is 0.00139. The number of nitro benzene ring substituents is 2. The lowest BCUT2D eigenvalue weighted by Crippen LogP contribution is -2.02. The molecule has 17 heavy (non-hydrogen) atoms. The fraction of sp³-hybridized carbons (Fsp3) is 0.333. The summed E-state index contributed by atoms with van der Waals surface area (Å²) < 4.78 is 10.4. The van der Waals surface area contributed by atoms with Crippen molar-refractivity contribution in [3.05, 3.63) is 32.4 Å². The second-order valence-electron chi connectivity index (χ2n) is 3.33.